The van der Waals surface area contributed by atoms with Gasteiger partial charge in [-0.1, -0.05) is 35.7 Å². The van der Waals surface area contributed by atoms with Crippen molar-refractivity contribution in [3.8, 4) is 0 Å². The van der Waals surface area contributed by atoms with Crippen molar-refractivity contribution in [1.82, 2.24) is 0 Å². The Bertz CT molecular complexity index is 1090. The molecule has 1 fully saturated rings. The van der Waals surface area contributed by atoms with E-state index in [0.717, 1.165) is 29.3 Å². The number of halogens is 1. The molecule has 1 N–H and O–H groups in total. The van der Waals surface area contributed by atoms with Crippen LogP contribution in [0.3, 0.4) is 0 Å². The summed E-state index contributed by atoms with van der Waals surface area (Å²) in [5, 5.41) is 2.71. The standard InChI is InChI=1S/C26H29BrN2O6/c1-3-4-5-12-34-25(32)18-6-9-21(10-7-18)29-15-19(14-24(29)31)26(33)35-16-23(30)28-22-11-8-20(27)13-17(22)2/h6-11,13,19H,3-5,12,14-16H2,1-2H3,(H,28,30)/t19-/m0/s1. The van der Waals surface area contributed by atoms with Crippen LogP contribution in [-0.4, -0.2) is 43.5 Å². The minimum Gasteiger partial charge on any atom is -0.462 e. The first-order chi connectivity index (χ1) is 16.8. The highest BCUT2D eigenvalue weighted by Crippen LogP contribution is 2.26. The van der Waals surface area contributed by atoms with E-state index in [0.29, 0.717) is 23.5 Å². The zero-order valence-corrected chi connectivity index (χ0v) is 21.4. The zero-order valence-electron chi connectivity index (χ0n) is 19.8. The Morgan fingerprint density at radius 2 is 1.83 bits per heavy atom. The van der Waals surface area contributed by atoms with Gasteiger partial charge in [-0.05, 0) is 61.4 Å². The first-order valence-corrected chi connectivity index (χ1v) is 12.4. The van der Waals surface area contributed by atoms with Gasteiger partial charge in [0.05, 0.1) is 18.1 Å². The summed E-state index contributed by atoms with van der Waals surface area (Å²) in [6.07, 6.45) is 2.87. The lowest BCUT2D eigenvalue weighted by Gasteiger charge is -2.17. The molecule has 2 aromatic rings. The molecule has 9 heteroatoms. The topological polar surface area (TPSA) is 102 Å². The average molecular weight is 545 g/mol. The molecule has 0 spiro atoms. The summed E-state index contributed by atoms with van der Waals surface area (Å²) in [6.45, 7) is 4.02. The molecule has 2 aromatic carbocycles. The van der Waals surface area contributed by atoms with Crippen molar-refractivity contribution in [2.75, 3.05) is 30.0 Å². The molecule has 0 saturated carbocycles. The first-order valence-electron chi connectivity index (χ1n) is 11.6. The number of amides is 2. The minimum atomic E-state index is -0.673. The molecule has 1 heterocycles. The Morgan fingerprint density at radius 3 is 2.51 bits per heavy atom. The van der Waals surface area contributed by atoms with Gasteiger partial charge in [0, 0.05) is 28.8 Å². The molecular weight excluding hydrogens is 516 g/mol. The molecule has 186 valence electrons. The molecule has 1 atom stereocenters. The van der Waals surface area contributed by atoms with Crippen molar-refractivity contribution in [3.05, 3.63) is 58.1 Å². The summed E-state index contributed by atoms with van der Waals surface area (Å²) in [5.74, 6) is -2.36. The number of hydrogen-bond donors (Lipinski definition) is 1. The fraction of sp³-hybridized carbons (Fsp3) is 0.385. The molecule has 0 aromatic heterocycles. The van der Waals surface area contributed by atoms with Gasteiger partial charge in [0.2, 0.25) is 5.91 Å². The van der Waals surface area contributed by atoms with Crippen LogP contribution in [0, 0.1) is 12.8 Å². The highest BCUT2D eigenvalue weighted by atomic mass is 79.9. The van der Waals surface area contributed by atoms with Crippen LogP contribution in [0.1, 0.15) is 48.5 Å². The molecule has 1 aliphatic rings. The molecule has 0 aliphatic carbocycles. The van der Waals surface area contributed by atoms with Crippen molar-refractivity contribution < 1.29 is 28.7 Å². The maximum absolute atomic E-state index is 12.5. The lowest BCUT2D eigenvalue weighted by Crippen LogP contribution is -2.28. The smallest absolute Gasteiger partial charge is 0.338 e. The summed E-state index contributed by atoms with van der Waals surface area (Å²) < 4.78 is 11.3. The normalized spacial score (nSPS) is 15.1. The van der Waals surface area contributed by atoms with Crippen LogP contribution in [0.15, 0.2) is 46.9 Å². The van der Waals surface area contributed by atoms with Gasteiger partial charge >= 0.3 is 11.9 Å². The third-order valence-electron chi connectivity index (χ3n) is 5.66. The number of nitrogens with one attached hydrogen (secondary N) is 1. The van der Waals surface area contributed by atoms with Gasteiger partial charge in [-0.2, -0.15) is 0 Å². The van der Waals surface area contributed by atoms with Gasteiger partial charge in [-0.3, -0.25) is 14.4 Å². The molecule has 1 aliphatic heterocycles. The van der Waals surface area contributed by atoms with Crippen LogP contribution in [0.2, 0.25) is 0 Å². The van der Waals surface area contributed by atoms with Crippen molar-refractivity contribution in [1.29, 1.82) is 0 Å². The molecule has 8 nitrogen and oxygen atoms in total. The van der Waals surface area contributed by atoms with Crippen molar-refractivity contribution in [2.45, 2.75) is 39.5 Å². The molecule has 1 saturated heterocycles. The van der Waals surface area contributed by atoms with E-state index >= 15 is 0 Å². The van der Waals surface area contributed by atoms with E-state index in [-0.39, 0.29) is 18.9 Å². The van der Waals surface area contributed by atoms with Crippen LogP contribution in [0.25, 0.3) is 0 Å². The molecule has 3 rings (SSSR count). The number of nitrogens with zero attached hydrogens (tertiary/aromatic N) is 1. The fourth-order valence-corrected chi connectivity index (χ4v) is 4.18. The number of benzene rings is 2. The summed E-state index contributed by atoms with van der Waals surface area (Å²) in [4.78, 5) is 50.8. The SMILES string of the molecule is CCCCCOC(=O)c1ccc(N2C[C@@H](C(=O)OCC(=O)Nc3ccc(Br)cc3C)CC2=O)cc1. The summed E-state index contributed by atoms with van der Waals surface area (Å²) >= 11 is 3.37. The maximum Gasteiger partial charge on any atom is 0.338 e. The quantitative estimate of drug-likeness (QED) is 0.345. The number of aryl methyl sites for hydroxylation is 1. The van der Waals surface area contributed by atoms with E-state index in [4.69, 9.17) is 9.47 Å². The second-order valence-corrected chi connectivity index (χ2v) is 9.33. The lowest BCUT2D eigenvalue weighted by atomic mass is 10.1. The predicted molar refractivity (Wildman–Crippen MR) is 135 cm³/mol. The van der Waals surface area contributed by atoms with Crippen LogP contribution in [-0.2, 0) is 23.9 Å². The molecule has 0 radical (unpaired) electrons. The fourth-order valence-electron chi connectivity index (χ4n) is 3.70. The highest BCUT2D eigenvalue weighted by molar-refractivity contribution is 9.10. The van der Waals surface area contributed by atoms with Gasteiger partial charge < -0.3 is 19.7 Å². The summed E-state index contributed by atoms with van der Waals surface area (Å²) in [5.41, 5.74) is 2.48. The Morgan fingerprint density at radius 1 is 1.09 bits per heavy atom. The van der Waals surface area contributed by atoms with Gasteiger partial charge in [0.15, 0.2) is 6.61 Å². The number of hydrogen-bond acceptors (Lipinski definition) is 6. The number of rotatable bonds is 10. The Kier molecular flexibility index (Phi) is 9.42. The number of esters is 2. The van der Waals surface area contributed by atoms with Crippen LogP contribution < -0.4 is 10.2 Å². The van der Waals surface area contributed by atoms with Gasteiger partial charge in [0.1, 0.15) is 0 Å². The van der Waals surface area contributed by atoms with Crippen LogP contribution in [0.4, 0.5) is 11.4 Å². The number of anilines is 2. The third kappa shape index (κ3) is 7.39. The van der Waals surface area contributed by atoms with Crippen molar-refractivity contribution >= 4 is 51.1 Å². The number of carbonyl (C=O) groups excluding carboxylic acids is 4. The van der Waals surface area contributed by atoms with Crippen molar-refractivity contribution in [2.24, 2.45) is 5.92 Å². The lowest BCUT2D eigenvalue weighted by molar-refractivity contribution is -0.151. The van der Waals surface area contributed by atoms with E-state index in [9.17, 15) is 19.2 Å². The Hall–Kier alpha value is -3.20. The van der Waals surface area contributed by atoms with Crippen LogP contribution in [0.5, 0.6) is 0 Å². The number of carbonyl (C=O) groups is 4. The molecule has 35 heavy (non-hydrogen) atoms. The van der Waals surface area contributed by atoms with E-state index < -0.39 is 30.4 Å². The summed E-state index contributed by atoms with van der Waals surface area (Å²) in [6, 6.07) is 11.9. The van der Waals surface area contributed by atoms with Gasteiger partial charge in [-0.25, -0.2) is 4.79 Å². The maximum atomic E-state index is 12.5. The van der Waals surface area contributed by atoms with E-state index in [1.165, 1.54) is 4.90 Å². The van der Waals surface area contributed by atoms with E-state index in [1.54, 1.807) is 36.4 Å². The second kappa shape index (κ2) is 12.5. The minimum absolute atomic E-state index is 0.00645. The average Bonchev–Trinajstić information content (AvgIpc) is 3.23. The second-order valence-electron chi connectivity index (χ2n) is 8.41. The zero-order chi connectivity index (χ0) is 25.4. The largest absolute Gasteiger partial charge is 0.462 e. The third-order valence-corrected chi connectivity index (χ3v) is 6.16. The molecule has 0 bridgehead atoms. The van der Waals surface area contributed by atoms with Gasteiger partial charge in [0.25, 0.3) is 5.91 Å². The Labute approximate surface area is 213 Å². The molecule has 0 unspecified atom stereocenters. The number of ether oxygens (including phenoxy) is 2. The monoisotopic (exact) mass is 544 g/mol. The first kappa shape index (κ1) is 26.4. The van der Waals surface area contributed by atoms with Crippen molar-refractivity contribution in [3.63, 3.8) is 0 Å². The molecule has 2 amide bonds. The predicted octanol–water partition coefficient (Wildman–Crippen LogP) is 4.64. The number of unbranched alkanes of at least 4 members (excludes halogenated alkanes) is 2. The van der Waals surface area contributed by atoms with E-state index in [1.807, 2.05) is 13.0 Å². The highest BCUT2D eigenvalue weighted by Gasteiger charge is 2.36. The molecular formula is C26H29BrN2O6. The van der Waals surface area contributed by atoms with Crippen LogP contribution >= 0.6 is 15.9 Å². The van der Waals surface area contributed by atoms with Gasteiger partial charge in [-0.15, -0.1) is 0 Å². The van der Waals surface area contributed by atoms with E-state index in [2.05, 4.69) is 28.2 Å². The Balaban J connectivity index is 1.49. The summed E-state index contributed by atoms with van der Waals surface area (Å²) in [7, 11) is 0.